The number of nitrogens with zero attached hydrogens (tertiary/aromatic N) is 4. The number of ether oxygens (including phenoxy) is 1. The molecule has 9 heteroatoms. The Labute approximate surface area is 215 Å². The number of methoxy groups -OCH3 is 1. The molecule has 0 radical (unpaired) electrons. The van der Waals surface area contributed by atoms with Crippen molar-refractivity contribution in [1.29, 1.82) is 0 Å². The standard InChI is InChI=1S/C27H26N6O2S/c1-18-8-13-23(32(18)21-6-5-14-28-16-21)26-25(22-7-3-4-15-29-22)31-27(36)33(26)20-11-9-19(10-12-20)30-24(34)17-35-2/h3-16,25-26H,17H2,1-2H3,(H,30,34)(H,31,36)/t25-,26+/m0/s1. The number of aromatic nitrogens is 3. The van der Waals surface area contributed by atoms with Gasteiger partial charge in [-0.1, -0.05) is 6.07 Å². The van der Waals surface area contributed by atoms with Gasteiger partial charge in [0.25, 0.3) is 0 Å². The molecule has 4 heterocycles. The SMILES string of the molecule is COCC(=O)Nc1ccc(N2C(=S)N[C@@H](c3ccccn3)[C@H]2c2ccc(C)n2-c2cccnc2)cc1. The molecule has 36 heavy (non-hydrogen) atoms. The zero-order chi connectivity index (χ0) is 25.1. The molecule has 1 amide bonds. The molecule has 0 spiro atoms. The van der Waals surface area contributed by atoms with Gasteiger partial charge in [-0.15, -0.1) is 0 Å². The summed E-state index contributed by atoms with van der Waals surface area (Å²) in [5, 5.41) is 6.93. The minimum atomic E-state index is -0.207. The zero-order valence-corrected chi connectivity index (χ0v) is 20.8. The molecule has 1 aliphatic heterocycles. The van der Waals surface area contributed by atoms with Gasteiger partial charge in [0.2, 0.25) is 5.91 Å². The predicted octanol–water partition coefficient (Wildman–Crippen LogP) is 4.34. The van der Waals surface area contributed by atoms with Crippen LogP contribution in [0.5, 0.6) is 0 Å². The van der Waals surface area contributed by atoms with Gasteiger partial charge >= 0.3 is 0 Å². The van der Waals surface area contributed by atoms with Gasteiger partial charge in [-0.3, -0.25) is 14.8 Å². The van der Waals surface area contributed by atoms with E-state index in [0.29, 0.717) is 10.8 Å². The van der Waals surface area contributed by atoms with Crippen LogP contribution in [0.25, 0.3) is 5.69 Å². The first-order valence-electron chi connectivity index (χ1n) is 11.5. The largest absolute Gasteiger partial charge is 0.375 e. The van der Waals surface area contributed by atoms with Gasteiger partial charge in [-0.05, 0) is 79.8 Å². The first-order valence-corrected chi connectivity index (χ1v) is 12.0. The molecular formula is C27H26N6O2S. The Balaban J connectivity index is 1.58. The predicted molar refractivity (Wildman–Crippen MR) is 143 cm³/mol. The van der Waals surface area contributed by atoms with Crippen molar-refractivity contribution in [2.24, 2.45) is 0 Å². The topological polar surface area (TPSA) is 84.3 Å². The fourth-order valence-corrected chi connectivity index (χ4v) is 4.94. The summed E-state index contributed by atoms with van der Waals surface area (Å²) in [5.74, 6) is -0.207. The van der Waals surface area contributed by atoms with Gasteiger partial charge in [0.1, 0.15) is 12.6 Å². The van der Waals surface area contributed by atoms with Crippen molar-refractivity contribution in [2.45, 2.75) is 19.0 Å². The third-order valence-corrected chi connectivity index (χ3v) is 6.43. The third-order valence-electron chi connectivity index (χ3n) is 6.12. The zero-order valence-electron chi connectivity index (χ0n) is 20.0. The second kappa shape index (κ2) is 10.3. The molecule has 1 aromatic carbocycles. The molecule has 0 saturated carbocycles. The Morgan fingerprint density at radius 1 is 1.06 bits per heavy atom. The summed E-state index contributed by atoms with van der Waals surface area (Å²) in [5.41, 5.74) is 5.60. The number of carbonyl (C=O) groups is 1. The summed E-state index contributed by atoms with van der Waals surface area (Å²) in [4.78, 5) is 23.0. The van der Waals surface area contributed by atoms with E-state index < -0.39 is 0 Å². The third kappa shape index (κ3) is 4.58. The summed E-state index contributed by atoms with van der Waals surface area (Å²) in [7, 11) is 1.49. The fraction of sp³-hybridized carbons (Fsp3) is 0.185. The van der Waals surface area contributed by atoms with Crippen LogP contribution >= 0.6 is 12.2 Å². The number of benzene rings is 1. The minimum Gasteiger partial charge on any atom is -0.375 e. The van der Waals surface area contributed by atoms with Crippen molar-refractivity contribution >= 4 is 34.6 Å². The van der Waals surface area contributed by atoms with Crippen molar-refractivity contribution in [3.05, 3.63) is 102 Å². The molecule has 2 atom stereocenters. The van der Waals surface area contributed by atoms with Crippen molar-refractivity contribution in [3.63, 3.8) is 0 Å². The Bertz CT molecular complexity index is 1360. The maximum Gasteiger partial charge on any atom is 0.250 e. The highest BCUT2D eigenvalue weighted by molar-refractivity contribution is 7.80. The van der Waals surface area contributed by atoms with E-state index in [1.54, 1.807) is 12.4 Å². The summed E-state index contributed by atoms with van der Waals surface area (Å²) in [6.45, 7) is 2.08. The minimum absolute atomic E-state index is 0.000393. The lowest BCUT2D eigenvalue weighted by molar-refractivity contribution is -0.119. The van der Waals surface area contributed by atoms with Gasteiger partial charge in [0, 0.05) is 42.3 Å². The average Bonchev–Trinajstić information content (AvgIpc) is 3.45. The monoisotopic (exact) mass is 498 g/mol. The lowest BCUT2D eigenvalue weighted by Crippen LogP contribution is -2.30. The second-order valence-corrected chi connectivity index (χ2v) is 8.86. The van der Waals surface area contributed by atoms with Crippen LogP contribution < -0.4 is 15.5 Å². The number of pyridine rings is 2. The summed E-state index contributed by atoms with van der Waals surface area (Å²) < 4.78 is 7.11. The van der Waals surface area contributed by atoms with Crippen molar-refractivity contribution in [3.8, 4) is 5.69 Å². The molecule has 3 aromatic heterocycles. The highest BCUT2D eigenvalue weighted by atomic mass is 32.1. The number of thiocarbonyl (C=S) groups is 1. The van der Waals surface area contributed by atoms with Crippen molar-refractivity contribution in [1.82, 2.24) is 19.9 Å². The molecule has 5 rings (SSSR count). The van der Waals surface area contributed by atoms with Crippen LogP contribution in [-0.2, 0) is 9.53 Å². The second-order valence-electron chi connectivity index (χ2n) is 8.47. The molecule has 182 valence electrons. The molecule has 0 bridgehead atoms. The molecule has 0 unspecified atom stereocenters. The molecular weight excluding hydrogens is 472 g/mol. The van der Waals surface area contributed by atoms with Gasteiger partial charge in [0.05, 0.1) is 23.6 Å². The fourth-order valence-electron chi connectivity index (χ4n) is 4.60. The Kier molecular flexibility index (Phi) is 6.75. The van der Waals surface area contributed by atoms with Crippen LogP contribution in [0.3, 0.4) is 0 Å². The van der Waals surface area contributed by atoms with Crippen LogP contribution in [0.2, 0.25) is 0 Å². The van der Waals surface area contributed by atoms with Gasteiger partial charge in [0.15, 0.2) is 5.11 Å². The van der Waals surface area contributed by atoms with Crippen LogP contribution in [0.1, 0.15) is 29.2 Å². The van der Waals surface area contributed by atoms with E-state index in [-0.39, 0.29) is 24.6 Å². The van der Waals surface area contributed by atoms with Crippen LogP contribution in [-0.4, -0.2) is 39.3 Å². The number of aryl methyl sites for hydroxylation is 1. The maximum absolute atomic E-state index is 11.9. The summed E-state index contributed by atoms with van der Waals surface area (Å²) in [6.07, 6.45) is 5.42. The number of nitrogens with one attached hydrogen (secondary N) is 2. The summed E-state index contributed by atoms with van der Waals surface area (Å²) in [6, 6.07) is 21.4. The van der Waals surface area contributed by atoms with E-state index in [1.165, 1.54) is 7.11 Å². The van der Waals surface area contributed by atoms with Crippen molar-refractivity contribution < 1.29 is 9.53 Å². The number of hydrogen-bond donors (Lipinski definition) is 2. The highest BCUT2D eigenvalue weighted by Crippen LogP contribution is 2.42. The normalized spacial score (nSPS) is 17.2. The molecule has 0 aliphatic carbocycles. The quantitative estimate of drug-likeness (QED) is 0.367. The molecule has 4 aromatic rings. The van der Waals surface area contributed by atoms with Gasteiger partial charge in [-0.2, -0.15) is 0 Å². The Morgan fingerprint density at radius 2 is 1.89 bits per heavy atom. The van der Waals surface area contributed by atoms with Crippen LogP contribution in [0.4, 0.5) is 11.4 Å². The van der Waals surface area contributed by atoms with E-state index >= 15 is 0 Å². The highest BCUT2D eigenvalue weighted by Gasteiger charge is 2.42. The Morgan fingerprint density at radius 3 is 2.58 bits per heavy atom. The van der Waals surface area contributed by atoms with Gasteiger partial charge < -0.3 is 24.8 Å². The lowest BCUT2D eigenvalue weighted by atomic mass is 10.0. The molecule has 1 fully saturated rings. The van der Waals surface area contributed by atoms with Crippen LogP contribution in [0.15, 0.2) is 85.3 Å². The van der Waals surface area contributed by atoms with E-state index in [0.717, 1.165) is 28.5 Å². The number of anilines is 2. The van der Waals surface area contributed by atoms with Crippen LogP contribution in [0, 0.1) is 6.92 Å². The summed E-state index contributed by atoms with van der Waals surface area (Å²) >= 11 is 5.86. The number of hydrogen-bond acceptors (Lipinski definition) is 5. The molecule has 2 N–H and O–H groups in total. The lowest BCUT2D eigenvalue weighted by Gasteiger charge is -2.29. The molecule has 8 nitrogen and oxygen atoms in total. The van der Waals surface area contributed by atoms with E-state index in [4.69, 9.17) is 17.0 Å². The first-order chi connectivity index (χ1) is 17.6. The number of rotatable bonds is 7. The Hall–Kier alpha value is -4.08. The van der Waals surface area contributed by atoms with E-state index in [1.807, 2.05) is 60.8 Å². The molecule has 1 saturated heterocycles. The van der Waals surface area contributed by atoms with E-state index in [2.05, 4.69) is 49.1 Å². The first kappa shape index (κ1) is 23.7. The van der Waals surface area contributed by atoms with Crippen molar-refractivity contribution in [2.75, 3.05) is 23.9 Å². The maximum atomic E-state index is 11.9. The van der Waals surface area contributed by atoms with E-state index in [9.17, 15) is 4.79 Å². The smallest absolute Gasteiger partial charge is 0.250 e. The number of amides is 1. The van der Waals surface area contributed by atoms with Gasteiger partial charge in [-0.25, -0.2) is 0 Å². The number of carbonyl (C=O) groups excluding carboxylic acids is 1. The molecule has 1 aliphatic rings. The average molecular weight is 499 g/mol.